The van der Waals surface area contributed by atoms with Gasteiger partial charge in [-0.05, 0) is 18.2 Å². The molecule has 7 nitrogen and oxygen atoms in total. The number of anilines is 1. The van der Waals surface area contributed by atoms with Crippen LogP contribution in [-0.2, 0) is 19.6 Å². The average molecular weight is 298 g/mol. The number of carboxylic acid groups (broad SMARTS) is 1. The van der Waals surface area contributed by atoms with Crippen LogP contribution < -0.4 is 5.32 Å². The molecule has 0 radical (unpaired) electrons. The molecule has 1 rings (SSSR count). The van der Waals surface area contributed by atoms with E-state index in [-0.39, 0.29) is 10.6 Å². The zero-order chi connectivity index (χ0) is 15.3. The molecule has 0 spiro atoms. The molecular formula is C12H14N2O5S. The number of rotatable bonds is 5. The van der Waals surface area contributed by atoms with Gasteiger partial charge in [-0.15, -0.1) is 0 Å². The number of carbonyl (C=O) groups is 2. The quantitative estimate of drug-likeness (QED) is 0.771. The molecule has 0 aromatic heterocycles. The number of hydrogen-bond donors (Lipinski definition) is 2. The Morgan fingerprint density at radius 2 is 1.90 bits per heavy atom. The molecule has 8 heteroatoms. The summed E-state index contributed by atoms with van der Waals surface area (Å²) in [4.78, 5) is 21.7. The van der Waals surface area contributed by atoms with Crippen molar-refractivity contribution in [2.75, 3.05) is 19.4 Å². The Morgan fingerprint density at radius 1 is 1.25 bits per heavy atom. The van der Waals surface area contributed by atoms with Crippen LogP contribution in [-0.4, -0.2) is 43.8 Å². The number of carboxylic acids is 1. The Labute approximate surface area is 116 Å². The monoisotopic (exact) mass is 298 g/mol. The minimum absolute atomic E-state index is 0.0301. The maximum absolute atomic E-state index is 11.9. The van der Waals surface area contributed by atoms with E-state index in [2.05, 4.69) is 5.32 Å². The van der Waals surface area contributed by atoms with Crippen LogP contribution >= 0.6 is 0 Å². The van der Waals surface area contributed by atoms with Crippen LogP contribution in [0.2, 0.25) is 0 Å². The lowest BCUT2D eigenvalue weighted by Crippen LogP contribution is -2.22. The summed E-state index contributed by atoms with van der Waals surface area (Å²) in [6.45, 7) is 0. The molecule has 1 amide bonds. The number of carbonyl (C=O) groups excluding carboxylic acids is 1. The summed E-state index contributed by atoms with van der Waals surface area (Å²) in [7, 11) is -0.793. The first-order valence-corrected chi connectivity index (χ1v) is 6.92. The van der Waals surface area contributed by atoms with E-state index in [0.29, 0.717) is 6.08 Å². The fourth-order valence-corrected chi connectivity index (χ4v) is 2.22. The van der Waals surface area contributed by atoms with Crippen molar-refractivity contribution in [3.63, 3.8) is 0 Å². The summed E-state index contributed by atoms with van der Waals surface area (Å²) >= 11 is 0. The lowest BCUT2D eigenvalue weighted by atomic mass is 10.3. The number of sulfonamides is 1. The predicted octanol–water partition coefficient (Wildman–Crippen LogP) is 0.516. The van der Waals surface area contributed by atoms with Crippen molar-refractivity contribution >= 4 is 27.6 Å². The summed E-state index contributed by atoms with van der Waals surface area (Å²) < 4.78 is 24.9. The van der Waals surface area contributed by atoms with Gasteiger partial charge in [-0.2, -0.15) is 0 Å². The standard InChI is InChI=1S/C12H14N2O5S/c1-14(2)20(18,19)10-5-3-4-9(8-10)13-11(15)6-7-12(16)17/h3-8H,1-2H3,(H,13,15)(H,16,17)/b7-6+. The highest BCUT2D eigenvalue weighted by molar-refractivity contribution is 7.89. The molecule has 0 aliphatic rings. The van der Waals surface area contributed by atoms with E-state index in [4.69, 9.17) is 5.11 Å². The van der Waals surface area contributed by atoms with Gasteiger partial charge in [0.15, 0.2) is 0 Å². The van der Waals surface area contributed by atoms with Gasteiger partial charge in [0, 0.05) is 31.9 Å². The van der Waals surface area contributed by atoms with Crippen molar-refractivity contribution in [2.24, 2.45) is 0 Å². The number of amides is 1. The number of nitrogens with zero attached hydrogens (tertiary/aromatic N) is 1. The molecule has 0 saturated heterocycles. The number of aliphatic carboxylic acids is 1. The Hall–Kier alpha value is -2.19. The maximum atomic E-state index is 11.9. The molecule has 20 heavy (non-hydrogen) atoms. The zero-order valence-corrected chi connectivity index (χ0v) is 11.7. The third kappa shape index (κ3) is 4.18. The van der Waals surface area contributed by atoms with Gasteiger partial charge in [-0.1, -0.05) is 6.07 Å². The molecular weight excluding hydrogens is 284 g/mol. The van der Waals surface area contributed by atoms with Gasteiger partial charge in [-0.25, -0.2) is 17.5 Å². The van der Waals surface area contributed by atoms with Crippen molar-refractivity contribution in [3.8, 4) is 0 Å². The number of hydrogen-bond acceptors (Lipinski definition) is 4. The smallest absolute Gasteiger partial charge is 0.328 e. The van der Waals surface area contributed by atoms with E-state index in [1.54, 1.807) is 0 Å². The molecule has 0 bridgehead atoms. The number of benzene rings is 1. The van der Waals surface area contributed by atoms with Crippen LogP contribution in [0.4, 0.5) is 5.69 Å². The van der Waals surface area contributed by atoms with E-state index in [1.807, 2.05) is 0 Å². The van der Waals surface area contributed by atoms with E-state index in [9.17, 15) is 18.0 Å². The summed E-state index contributed by atoms with van der Waals surface area (Å²) in [5.41, 5.74) is 0.257. The second-order valence-electron chi connectivity index (χ2n) is 3.98. The second kappa shape index (κ2) is 6.31. The Bertz CT molecular complexity index is 650. The van der Waals surface area contributed by atoms with E-state index in [1.165, 1.54) is 38.4 Å². The third-order valence-corrected chi connectivity index (χ3v) is 4.07. The fourth-order valence-electron chi connectivity index (χ4n) is 1.28. The average Bonchev–Trinajstić information content (AvgIpc) is 2.36. The summed E-state index contributed by atoms with van der Waals surface area (Å²) in [6.07, 6.45) is 1.53. The minimum atomic E-state index is -3.59. The van der Waals surface area contributed by atoms with Crippen LogP contribution in [0.1, 0.15) is 0 Å². The molecule has 0 atom stereocenters. The Kier molecular flexibility index (Phi) is 5.00. The van der Waals surface area contributed by atoms with E-state index < -0.39 is 21.9 Å². The van der Waals surface area contributed by atoms with Gasteiger partial charge in [0.1, 0.15) is 0 Å². The number of nitrogens with one attached hydrogen (secondary N) is 1. The minimum Gasteiger partial charge on any atom is -0.478 e. The highest BCUT2D eigenvalue weighted by atomic mass is 32.2. The van der Waals surface area contributed by atoms with Crippen LogP contribution in [0.3, 0.4) is 0 Å². The Morgan fingerprint density at radius 3 is 2.45 bits per heavy atom. The highest BCUT2D eigenvalue weighted by Gasteiger charge is 2.17. The van der Waals surface area contributed by atoms with Gasteiger partial charge in [0.2, 0.25) is 15.9 Å². The van der Waals surface area contributed by atoms with E-state index in [0.717, 1.165) is 10.4 Å². The first-order chi connectivity index (χ1) is 9.23. The highest BCUT2D eigenvalue weighted by Crippen LogP contribution is 2.17. The molecule has 1 aromatic carbocycles. The van der Waals surface area contributed by atoms with Crippen LogP contribution in [0.5, 0.6) is 0 Å². The zero-order valence-electron chi connectivity index (χ0n) is 10.9. The van der Waals surface area contributed by atoms with Crippen LogP contribution in [0.15, 0.2) is 41.3 Å². The molecule has 0 fully saturated rings. The topological polar surface area (TPSA) is 104 Å². The summed E-state index contributed by atoms with van der Waals surface area (Å²) in [6, 6.07) is 5.67. The first-order valence-electron chi connectivity index (χ1n) is 5.48. The van der Waals surface area contributed by atoms with Crippen LogP contribution in [0.25, 0.3) is 0 Å². The molecule has 0 saturated carbocycles. The SMILES string of the molecule is CN(C)S(=O)(=O)c1cccc(NC(=O)/C=C/C(=O)O)c1. The molecule has 108 valence electrons. The van der Waals surface area contributed by atoms with Crippen LogP contribution in [0, 0.1) is 0 Å². The van der Waals surface area contributed by atoms with Gasteiger partial charge in [0.05, 0.1) is 4.90 Å². The van der Waals surface area contributed by atoms with Crippen molar-refractivity contribution in [2.45, 2.75) is 4.90 Å². The largest absolute Gasteiger partial charge is 0.478 e. The van der Waals surface area contributed by atoms with Gasteiger partial charge in [0.25, 0.3) is 0 Å². The lowest BCUT2D eigenvalue weighted by Gasteiger charge is -2.12. The lowest BCUT2D eigenvalue weighted by molar-refractivity contribution is -0.131. The van der Waals surface area contributed by atoms with E-state index >= 15 is 0 Å². The molecule has 1 aromatic rings. The Balaban J connectivity index is 2.95. The molecule has 2 N–H and O–H groups in total. The molecule has 0 aliphatic heterocycles. The predicted molar refractivity (Wildman–Crippen MR) is 72.7 cm³/mol. The van der Waals surface area contributed by atoms with Crippen molar-refractivity contribution in [3.05, 3.63) is 36.4 Å². The second-order valence-corrected chi connectivity index (χ2v) is 6.13. The summed E-state index contributed by atoms with van der Waals surface area (Å²) in [5, 5.41) is 10.8. The van der Waals surface area contributed by atoms with Gasteiger partial charge < -0.3 is 10.4 Å². The normalized spacial score (nSPS) is 11.8. The van der Waals surface area contributed by atoms with Crippen molar-refractivity contribution in [1.82, 2.24) is 4.31 Å². The fraction of sp³-hybridized carbons (Fsp3) is 0.167. The van der Waals surface area contributed by atoms with Crippen molar-refractivity contribution < 1.29 is 23.1 Å². The first kappa shape index (κ1) is 15.9. The maximum Gasteiger partial charge on any atom is 0.328 e. The van der Waals surface area contributed by atoms with Gasteiger partial charge >= 0.3 is 5.97 Å². The summed E-state index contributed by atoms with van der Waals surface area (Å²) in [5.74, 6) is -1.91. The molecule has 0 unspecified atom stereocenters. The van der Waals surface area contributed by atoms with Gasteiger partial charge in [-0.3, -0.25) is 4.79 Å². The third-order valence-electron chi connectivity index (χ3n) is 2.26. The molecule has 0 aliphatic carbocycles. The van der Waals surface area contributed by atoms with Crippen molar-refractivity contribution in [1.29, 1.82) is 0 Å². The molecule has 0 heterocycles.